The summed E-state index contributed by atoms with van der Waals surface area (Å²) in [5.74, 6) is -1.52. The van der Waals surface area contributed by atoms with Crippen LogP contribution in [0.1, 0.15) is 76.9 Å². The smallest absolute Gasteiger partial charge is 0.327 e. The molecule has 2 atom stereocenters. The van der Waals surface area contributed by atoms with Gasteiger partial charge in [0.25, 0.3) is 5.91 Å². The average Bonchev–Trinajstić information content (AvgIpc) is 3.57. The fraction of sp³-hybridized carbons (Fsp3) is 0.367. The van der Waals surface area contributed by atoms with E-state index in [-0.39, 0.29) is 29.6 Å². The van der Waals surface area contributed by atoms with Crippen molar-refractivity contribution in [2.45, 2.75) is 62.7 Å². The van der Waals surface area contributed by atoms with Crippen LogP contribution in [0.15, 0.2) is 48.7 Å². The van der Waals surface area contributed by atoms with Gasteiger partial charge in [-0.2, -0.15) is 23.4 Å². The van der Waals surface area contributed by atoms with E-state index in [4.69, 9.17) is 5.10 Å². The molecule has 2 bridgehead atoms. The first kappa shape index (κ1) is 25.9. The number of aryl methyl sites for hydroxylation is 1. The van der Waals surface area contributed by atoms with Crippen molar-refractivity contribution in [3.63, 3.8) is 0 Å². The van der Waals surface area contributed by atoms with Crippen LogP contribution in [0.2, 0.25) is 0 Å². The molecular weight excluding hydrogens is 541 g/mol. The van der Waals surface area contributed by atoms with Gasteiger partial charge in [-0.3, -0.25) is 9.48 Å². The van der Waals surface area contributed by atoms with Gasteiger partial charge in [-0.1, -0.05) is 6.07 Å². The van der Waals surface area contributed by atoms with Gasteiger partial charge in [-0.15, -0.1) is 0 Å². The van der Waals surface area contributed by atoms with E-state index in [0.29, 0.717) is 35.4 Å². The predicted octanol–water partition coefficient (Wildman–Crippen LogP) is 6.74. The monoisotopic (exact) mass is 567 g/mol. The van der Waals surface area contributed by atoms with E-state index in [1.54, 1.807) is 17.8 Å². The molecule has 4 aromatic rings. The molecule has 2 aromatic heterocycles. The highest BCUT2D eigenvalue weighted by Gasteiger charge is 2.45. The molecule has 0 spiro atoms. The summed E-state index contributed by atoms with van der Waals surface area (Å²) in [6, 6.07) is 7.91. The molecule has 3 aliphatic rings. The van der Waals surface area contributed by atoms with Gasteiger partial charge in [0.15, 0.2) is 0 Å². The van der Waals surface area contributed by atoms with Crippen molar-refractivity contribution in [2.24, 2.45) is 7.05 Å². The Morgan fingerprint density at radius 2 is 1.76 bits per heavy atom. The van der Waals surface area contributed by atoms with Crippen LogP contribution in [0.4, 0.5) is 22.0 Å². The summed E-state index contributed by atoms with van der Waals surface area (Å²) in [4.78, 5) is 16.1. The number of piperidine rings is 1. The van der Waals surface area contributed by atoms with Crippen LogP contribution in [0.25, 0.3) is 16.9 Å². The van der Waals surface area contributed by atoms with E-state index in [2.05, 4.69) is 5.10 Å². The standard InChI is InChI=1S/C30H26F5N5O/c1-38-27(17-10-19(31)13-20(32)11-17)23-14-21-5-3-7-25(26(23)37-38)39(21)29(41)24-15-36-40(28(24)16-8-9-16)22-6-2-4-18(12-22)30(33,34)35/h2,4,6,10-13,15-16,21,25H,3,5,7-9,14H2,1H3. The van der Waals surface area contributed by atoms with Crippen LogP contribution in [0.3, 0.4) is 0 Å². The van der Waals surface area contributed by atoms with Gasteiger partial charge in [-0.25, -0.2) is 13.5 Å². The Bertz CT molecular complexity index is 1660. The van der Waals surface area contributed by atoms with Crippen LogP contribution in [0.5, 0.6) is 0 Å². The minimum Gasteiger partial charge on any atom is -0.327 e. The highest BCUT2D eigenvalue weighted by molar-refractivity contribution is 5.96. The van der Waals surface area contributed by atoms with Gasteiger partial charge in [0, 0.05) is 36.2 Å². The average molecular weight is 568 g/mol. The molecule has 6 nitrogen and oxygen atoms in total. The van der Waals surface area contributed by atoms with E-state index < -0.39 is 23.4 Å². The second kappa shape index (κ2) is 9.25. The lowest BCUT2D eigenvalue weighted by molar-refractivity contribution is -0.137. The summed E-state index contributed by atoms with van der Waals surface area (Å²) >= 11 is 0. The summed E-state index contributed by atoms with van der Waals surface area (Å²) in [6.45, 7) is 0. The Morgan fingerprint density at radius 1 is 1.00 bits per heavy atom. The number of fused-ring (bicyclic) bond motifs is 4. The molecule has 2 unspecified atom stereocenters. The number of benzene rings is 2. The summed E-state index contributed by atoms with van der Waals surface area (Å²) < 4.78 is 71.6. The maximum atomic E-state index is 14.3. The molecule has 2 aromatic carbocycles. The molecule has 2 fully saturated rings. The van der Waals surface area contributed by atoms with Crippen molar-refractivity contribution >= 4 is 5.91 Å². The molecule has 212 valence electrons. The molecule has 4 heterocycles. The first-order valence-corrected chi connectivity index (χ1v) is 13.7. The lowest BCUT2D eigenvalue weighted by Crippen LogP contribution is -2.50. The normalized spacial score (nSPS) is 20.3. The van der Waals surface area contributed by atoms with Crippen molar-refractivity contribution in [1.82, 2.24) is 24.5 Å². The second-order valence-corrected chi connectivity index (χ2v) is 11.2. The van der Waals surface area contributed by atoms with Crippen LogP contribution in [0, 0.1) is 11.6 Å². The molecule has 11 heteroatoms. The SMILES string of the molecule is Cn1nc2c(c1-c1cc(F)cc(F)c1)CC1CCCC2N1C(=O)c1cnn(-c2cccc(C(F)(F)F)c2)c1C1CC1. The zero-order chi connectivity index (χ0) is 28.6. The van der Waals surface area contributed by atoms with Gasteiger partial charge in [0.2, 0.25) is 0 Å². The Morgan fingerprint density at radius 3 is 2.46 bits per heavy atom. The van der Waals surface area contributed by atoms with E-state index in [0.717, 1.165) is 55.1 Å². The molecule has 41 heavy (non-hydrogen) atoms. The molecule has 7 rings (SSSR count). The minimum absolute atomic E-state index is 0.0375. The molecule has 0 radical (unpaired) electrons. The van der Waals surface area contributed by atoms with Crippen molar-refractivity contribution in [3.8, 4) is 16.9 Å². The molecule has 2 aliphatic heterocycles. The molecule has 1 amide bonds. The number of aromatic nitrogens is 4. The van der Waals surface area contributed by atoms with Crippen molar-refractivity contribution in [3.05, 3.63) is 88.4 Å². The number of hydrogen-bond acceptors (Lipinski definition) is 3. The summed E-state index contributed by atoms with van der Waals surface area (Å²) in [6.07, 6.45) is 1.46. The highest BCUT2D eigenvalue weighted by Crippen LogP contribution is 2.47. The lowest BCUT2D eigenvalue weighted by atomic mass is 9.81. The Balaban J connectivity index is 1.28. The Kier molecular flexibility index (Phi) is 5.85. The fourth-order valence-electron chi connectivity index (χ4n) is 6.63. The number of carbonyl (C=O) groups excluding carboxylic acids is 1. The Hall–Kier alpha value is -4.02. The summed E-state index contributed by atoms with van der Waals surface area (Å²) in [7, 11) is 1.73. The minimum atomic E-state index is -4.50. The highest BCUT2D eigenvalue weighted by atomic mass is 19.4. The first-order valence-electron chi connectivity index (χ1n) is 13.7. The third kappa shape index (κ3) is 4.33. The third-order valence-electron chi connectivity index (χ3n) is 8.47. The molecule has 1 saturated heterocycles. The summed E-state index contributed by atoms with van der Waals surface area (Å²) in [5, 5.41) is 9.15. The molecule has 1 aliphatic carbocycles. The quantitative estimate of drug-likeness (QED) is 0.257. The number of amides is 1. The number of alkyl halides is 3. The number of hydrogen-bond donors (Lipinski definition) is 0. The predicted molar refractivity (Wildman–Crippen MR) is 139 cm³/mol. The van der Waals surface area contributed by atoms with Crippen LogP contribution in [-0.4, -0.2) is 36.4 Å². The first-order chi connectivity index (χ1) is 19.6. The maximum Gasteiger partial charge on any atom is 0.416 e. The lowest BCUT2D eigenvalue weighted by Gasteiger charge is -2.45. The van der Waals surface area contributed by atoms with Crippen molar-refractivity contribution in [1.29, 1.82) is 0 Å². The molecular formula is C30H26F5N5O. The molecule has 0 N–H and O–H groups in total. The van der Waals surface area contributed by atoms with Crippen LogP contribution in [-0.2, 0) is 19.6 Å². The third-order valence-corrected chi connectivity index (χ3v) is 8.47. The maximum absolute atomic E-state index is 14.3. The van der Waals surface area contributed by atoms with E-state index >= 15 is 0 Å². The zero-order valence-corrected chi connectivity index (χ0v) is 22.1. The number of rotatable bonds is 4. The fourth-order valence-corrected chi connectivity index (χ4v) is 6.63. The Labute approximate surface area is 232 Å². The van der Waals surface area contributed by atoms with Gasteiger partial charge in [-0.05, 0) is 68.9 Å². The topological polar surface area (TPSA) is 56.0 Å². The number of carbonyl (C=O) groups is 1. The van der Waals surface area contributed by atoms with Crippen LogP contribution >= 0.6 is 0 Å². The van der Waals surface area contributed by atoms with Gasteiger partial charge >= 0.3 is 6.18 Å². The van der Waals surface area contributed by atoms with E-state index in [1.807, 2.05) is 4.90 Å². The van der Waals surface area contributed by atoms with Crippen molar-refractivity contribution < 1.29 is 26.7 Å². The van der Waals surface area contributed by atoms with Gasteiger partial charge in [0.1, 0.15) is 11.6 Å². The van der Waals surface area contributed by atoms with Crippen molar-refractivity contribution in [2.75, 3.05) is 0 Å². The summed E-state index contributed by atoms with van der Waals surface area (Å²) in [5.41, 5.74) is 3.16. The second-order valence-electron chi connectivity index (χ2n) is 11.2. The van der Waals surface area contributed by atoms with Gasteiger partial charge < -0.3 is 4.90 Å². The largest absolute Gasteiger partial charge is 0.416 e. The van der Waals surface area contributed by atoms with E-state index in [1.165, 1.54) is 29.1 Å². The number of nitrogens with zero attached hydrogens (tertiary/aromatic N) is 5. The van der Waals surface area contributed by atoms with Gasteiger partial charge in [0.05, 0.1) is 46.1 Å². The van der Waals surface area contributed by atoms with E-state index in [9.17, 15) is 26.7 Å². The molecule has 1 saturated carbocycles. The van der Waals surface area contributed by atoms with Crippen LogP contribution < -0.4 is 0 Å². The zero-order valence-electron chi connectivity index (χ0n) is 22.1. The number of halogens is 5.